The lowest BCUT2D eigenvalue weighted by Gasteiger charge is -2.33. The van der Waals surface area contributed by atoms with Crippen LogP contribution in [0.25, 0.3) is 33.2 Å². The average Bonchev–Trinajstić information content (AvgIpc) is 3.26. The van der Waals surface area contributed by atoms with Crippen molar-refractivity contribution in [1.82, 2.24) is 34.4 Å². The van der Waals surface area contributed by atoms with Crippen LogP contribution in [0.1, 0.15) is 0 Å². The van der Waals surface area contributed by atoms with Gasteiger partial charge in [0.05, 0.1) is 23.2 Å². The Kier molecular flexibility index (Phi) is 3.95. The van der Waals surface area contributed by atoms with E-state index >= 15 is 0 Å². The summed E-state index contributed by atoms with van der Waals surface area (Å²) in [4.78, 5) is 22.5. The molecule has 6 rings (SSSR count). The number of aryl methyl sites for hydroxylation is 1. The van der Waals surface area contributed by atoms with Gasteiger partial charge in [-0.3, -0.25) is 24.0 Å². The van der Waals surface area contributed by atoms with Crippen molar-refractivity contribution in [2.75, 3.05) is 31.1 Å². The Bertz CT molecular complexity index is 1410. The molecular formula is C20H21ClN8O2. The molecule has 3 aromatic heterocycles. The van der Waals surface area contributed by atoms with Gasteiger partial charge in [0.2, 0.25) is 5.95 Å². The van der Waals surface area contributed by atoms with Crippen molar-refractivity contribution in [2.45, 2.75) is 12.1 Å². The number of aromatic amines is 1. The van der Waals surface area contributed by atoms with E-state index in [1.807, 2.05) is 25.4 Å². The first kappa shape index (κ1) is 18.8. The van der Waals surface area contributed by atoms with E-state index in [4.69, 9.17) is 16.6 Å². The first-order chi connectivity index (χ1) is 15.0. The van der Waals surface area contributed by atoms with Crippen LogP contribution in [-0.2, 0) is 14.1 Å². The Morgan fingerprint density at radius 2 is 2.10 bits per heavy atom. The van der Waals surface area contributed by atoms with Crippen LogP contribution in [0.4, 0.5) is 5.95 Å². The molecular weight excluding hydrogens is 420 g/mol. The van der Waals surface area contributed by atoms with Crippen molar-refractivity contribution >= 4 is 39.5 Å². The van der Waals surface area contributed by atoms with Crippen molar-refractivity contribution in [2.24, 2.45) is 14.1 Å². The summed E-state index contributed by atoms with van der Waals surface area (Å²) in [7, 11) is 3.56. The molecule has 0 amide bonds. The van der Waals surface area contributed by atoms with Crippen molar-refractivity contribution in [3.8, 4) is 11.3 Å². The molecule has 0 radical (unpaired) electrons. The van der Waals surface area contributed by atoms with E-state index in [2.05, 4.69) is 25.1 Å². The van der Waals surface area contributed by atoms with E-state index in [0.717, 1.165) is 24.0 Å². The Morgan fingerprint density at radius 3 is 2.90 bits per heavy atom. The molecule has 0 saturated carbocycles. The van der Waals surface area contributed by atoms with E-state index in [1.54, 1.807) is 16.3 Å². The van der Waals surface area contributed by atoms with Crippen LogP contribution >= 0.6 is 11.6 Å². The number of halogens is 1. The third-order valence-electron chi connectivity index (χ3n) is 6.35. The number of aliphatic hydroxyl groups is 1. The monoisotopic (exact) mass is 440 g/mol. The van der Waals surface area contributed by atoms with E-state index in [1.165, 1.54) is 0 Å². The number of nitrogens with zero attached hydrogens (tertiary/aromatic N) is 7. The molecule has 1 aromatic carbocycles. The van der Waals surface area contributed by atoms with Gasteiger partial charge >= 0.3 is 0 Å². The lowest BCUT2D eigenvalue weighted by atomic mass is 10.1. The third-order valence-corrected chi connectivity index (χ3v) is 6.76. The van der Waals surface area contributed by atoms with Gasteiger partial charge in [-0.15, -0.1) is 0 Å². The molecule has 2 aliphatic rings. The highest BCUT2D eigenvalue weighted by Gasteiger charge is 2.45. The molecule has 3 unspecified atom stereocenters. The molecule has 160 valence electrons. The van der Waals surface area contributed by atoms with Crippen LogP contribution in [-0.4, -0.2) is 77.9 Å². The van der Waals surface area contributed by atoms with Gasteiger partial charge in [0.15, 0.2) is 5.65 Å². The van der Waals surface area contributed by atoms with Crippen LogP contribution in [0, 0.1) is 0 Å². The number of aromatic nitrogens is 6. The van der Waals surface area contributed by atoms with Gasteiger partial charge in [-0.2, -0.15) is 15.2 Å². The van der Waals surface area contributed by atoms with Gasteiger partial charge in [-0.25, -0.2) is 0 Å². The van der Waals surface area contributed by atoms with Gasteiger partial charge in [-0.1, -0.05) is 11.6 Å². The smallest absolute Gasteiger partial charge is 0.266 e. The molecule has 2 N–H and O–H groups in total. The Labute approximate surface area is 181 Å². The van der Waals surface area contributed by atoms with Gasteiger partial charge < -0.3 is 10.0 Å². The fourth-order valence-corrected chi connectivity index (χ4v) is 5.01. The number of anilines is 1. The summed E-state index contributed by atoms with van der Waals surface area (Å²) in [5.41, 5.74) is 2.15. The predicted molar refractivity (Wildman–Crippen MR) is 117 cm³/mol. The molecule has 10 nitrogen and oxygen atoms in total. The number of piperazine rings is 1. The number of benzene rings is 1. The topological polar surface area (TPSA) is 108 Å². The largest absolute Gasteiger partial charge is 0.395 e. The Balaban J connectivity index is 1.48. The maximum atomic E-state index is 13.4. The third kappa shape index (κ3) is 2.72. The lowest BCUT2D eigenvalue weighted by molar-refractivity contribution is 0.189. The van der Waals surface area contributed by atoms with E-state index in [0.29, 0.717) is 45.8 Å². The summed E-state index contributed by atoms with van der Waals surface area (Å²) in [6.07, 6.45) is 1.85. The second-order valence-corrected chi connectivity index (χ2v) is 8.70. The van der Waals surface area contributed by atoms with Crippen molar-refractivity contribution in [3.63, 3.8) is 0 Å². The van der Waals surface area contributed by atoms with Crippen LogP contribution < -0.4 is 10.5 Å². The first-order valence-corrected chi connectivity index (χ1v) is 10.5. The van der Waals surface area contributed by atoms with Crippen LogP contribution in [0.3, 0.4) is 0 Å². The summed E-state index contributed by atoms with van der Waals surface area (Å²) in [6.45, 7) is 2.48. The molecule has 2 aliphatic heterocycles. The van der Waals surface area contributed by atoms with Crippen molar-refractivity contribution < 1.29 is 5.11 Å². The zero-order chi connectivity index (χ0) is 21.4. The maximum absolute atomic E-state index is 13.4. The Morgan fingerprint density at radius 1 is 1.26 bits per heavy atom. The second kappa shape index (κ2) is 6.52. The quantitative estimate of drug-likeness (QED) is 0.452. The molecule has 31 heavy (non-hydrogen) atoms. The lowest BCUT2D eigenvalue weighted by Crippen LogP contribution is -2.48. The number of H-pyrrole nitrogens is 1. The zero-order valence-corrected chi connectivity index (χ0v) is 17.8. The summed E-state index contributed by atoms with van der Waals surface area (Å²) in [5.74, 6) is 0.575. The minimum Gasteiger partial charge on any atom is -0.395 e. The van der Waals surface area contributed by atoms with Crippen LogP contribution in [0.15, 0.2) is 23.1 Å². The summed E-state index contributed by atoms with van der Waals surface area (Å²) >= 11 is 6.67. The standard InChI is InChI=1S/C20H21ClN8O2/c1-26-8-13-14(25-26)4-3-12(16(13)21)17-15-18(24-23-17)22-20(27(2)19(15)31)28-5-10-7-29(10)11(6-28)9-30/h3-4,8,10-11,30H,5-7,9H2,1-2H3,(H,23,24). The zero-order valence-electron chi connectivity index (χ0n) is 17.1. The van der Waals surface area contributed by atoms with Crippen LogP contribution in [0.5, 0.6) is 0 Å². The SMILES string of the molecule is Cn1cc2c(Cl)c(-c3n[nH]c4nc(N5CC(CO)N6CC6C5)n(C)c(=O)c34)ccc2n1. The minimum atomic E-state index is -0.190. The predicted octanol–water partition coefficient (Wildman–Crippen LogP) is 0.729. The second-order valence-electron chi connectivity index (χ2n) is 8.33. The number of nitrogens with one attached hydrogen (secondary N) is 1. The van der Waals surface area contributed by atoms with Crippen molar-refractivity contribution in [3.05, 3.63) is 33.7 Å². The maximum Gasteiger partial charge on any atom is 0.266 e. The first-order valence-electron chi connectivity index (χ1n) is 10.1. The molecule has 4 aromatic rings. The molecule has 0 spiro atoms. The summed E-state index contributed by atoms with van der Waals surface area (Å²) in [6, 6.07) is 4.17. The van der Waals surface area contributed by atoms with E-state index < -0.39 is 0 Å². The normalized spacial score (nSPS) is 23.0. The minimum absolute atomic E-state index is 0.0636. The van der Waals surface area contributed by atoms with Crippen molar-refractivity contribution in [1.29, 1.82) is 0 Å². The van der Waals surface area contributed by atoms with Gasteiger partial charge in [0, 0.05) is 56.9 Å². The number of fused-ring (bicyclic) bond motifs is 3. The molecule has 5 heterocycles. The summed E-state index contributed by atoms with van der Waals surface area (Å²) < 4.78 is 3.26. The van der Waals surface area contributed by atoms with E-state index in [-0.39, 0.29) is 18.2 Å². The fourth-order valence-electron chi connectivity index (χ4n) is 4.71. The Hall–Kier alpha value is -2.95. The molecule has 0 bridgehead atoms. The summed E-state index contributed by atoms with van der Waals surface area (Å²) in [5, 5.41) is 23.1. The molecule has 11 heteroatoms. The highest BCUT2D eigenvalue weighted by Crippen LogP contribution is 2.36. The average molecular weight is 441 g/mol. The molecule has 2 fully saturated rings. The number of aliphatic hydroxyl groups excluding tert-OH is 1. The molecule has 0 aliphatic carbocycles. The number of hydrogen-bond acceptors (Lipinski definition) is 7. The highest BCUT2D eigenvalue weighted by atomic mass is 35.5. The van der Waals surface area contributed by atoms with Gasteiger partial charge in [0.1, 0.15) is 11.1 Å². The highest BCUT2D eigenvalue weighted by molar-refractivity contribution is 6.38. The number of rotatable bonds is 3. The van der Waals surface area contributed by atoms with Gasteiger partial charge in [0.25, 0.3) is 5.56 Å². The molecule has 2 saturated heterocycles. The van der Waals surface area contributed by atoms with E-state index in [9.17, 15) is 9.90 Å². The van der Waals surface area contributed by atoms with Gasteiger partial charge in [-0.05, 0) is 12.1 Å². The molecule has 3 atom stereocenters. The van der Waals surface area contributed by atoms with Crippen LogP contribution in [0.2, 0.25) is 5.02 Å². The number of hydrogen-bond donors (Lipinski definition) is 2. The fraction of sp³-hybridized carbons (Fsp3) is 0.400.